The number of fused-ring (bicyclic) bond motifs is 1. The van der Waals surface area contributed by atoms with Gasteiger partial charge >= 0.3 is 0 Å². The number of rotatable bonds is 3. The number of thioether (sulfide) groups is 1. The van der Waals surface area contributed by atoms with Crippen molar-refractivity contribution in [3.05, 3.63) is 29.6 Å². The number of nitrogens with zero attached hydrogens (tertiary/aromatic N) is 2. The average molecular weight is 288 g/mol. The zero-order valence-electron chi connectivity index (χ0n) is 12.7. The minimum Gasteiger partial charge on any atom is -0.294 e. The Balaban J connectivity index is 2.01. The lowest BCUT2D eigenvalue weighted by atomic mass is 10.0. The third-order valence-electron chi connectivity index (χ3n) is 4.13. The van der Waals surface area contributed by atoms with E-state index in [4.69, 9.17) is 4.98 Å². The van der Waals surface area contributed by atoms with Crippen LogP contribution in [-0.2, 0) is 0 Å². The van der Waals surface area contributed by atoms with E-state index < -0.39 is 0 Å². The maximum Gasteiger partial charge on any atom is 0.137 e. The highest BCUT2D eigenvalue weighted by Gasteiger charge is 2.21. The fourth-order valence-corrected chi connectivity index (χ4v) is 4.53. The third kappa shape index (κ3) is 2.73. The molecule has 0 aliphatic heterocycles. The molecule has 0 N–H and O–H groups in total. The fourth-order valence-electron chi connectivity index (χ4n) is 2.98. The van der Waals surface area contributed by atoms with Gasteiger partial charge in [0.05, 0.1) is 5.69 Å². The van der Waals surface area contributed by atoms with E-state index in [9.17, 15) is 0 Å². The highest BCUT2D eigenvalue weighted by molar-refractivity contribution is 7.99. The zero-order chi connectivity index (χ0) is 14.1. The lowest BCUT2D eigenvalue weighted by molar-refractivity contribution is 0.515. The summed E-state index contributed by atoms with van der Waals surface area (Å²) in [6, 6.07) is 4.30. The Hall–Kier alpha value is -0.960. The molecule has 0 radical (unpaired) electrons. The molecule has 0 saturated heterocycles. The van der Waals surface area contributed by atoms with Gasteiger partial charge in [0.15, 0.2) is 0 Å². The quantitative estimate of drug-likeness (QED) is 0.773. The van der Waals surface area contributed by atoms with Gasteiger partial charge in [0, 0.05) is 11.4 Å². The largest absolute Gasteiger partial charge is 0.294 e. The van der Waals surface area contributed by atoms with Crippen LogP contribution in [0.3, 0.4) is 0 Å². The van der Waals surface area contributed by atoms with Crippen molar-refractivity contribution in [2.24, 2.45) is 0 Å². The molecule has 2 heterocycles. The lowest BCUT2D eigenvalue weighted by Crippen LogP contribution is -2.09. The van der Waals surface area contributed by atoms with Crippen molar-refractivity contribution in [3.8, 4) is 0 Å². The zero-order valence-corrected chi connectivity index (χ0v) is 13.5. The highest BCUT2D eigenvalue weighted by atomic mass is 32.2. The Morgan fingerprint density at radius 2 is 1.95 bits per heavy atom. The van der Waals surface area contributed by atoms with Gasteiger partial charge in [-0.25, -0.2) is 4.98 Å². The molecule has 0 unspecified atom stereocenters. The number of aromatic nitrogens is 2. The van der Waals surface area contributed by atoms with Crippen molar-refractivity contribution in [2.45, 2.75) is 69.1 Å². The van der Waals surface area contributed by atoms with E-state index in [1.54, 1.807) is 0 Å². The van der Waals surface area contributed by atoms with Crippen molar-refractivity contribution in [1.82, 2.24) is 9.38 Å². The standard InChI is InChI=1S/C17H24N2S/c1-12(2)16-17(20-14-7-5-4-6-8-14)19-11-13(3)9-10-15(19)18-16/h9-12,14H,4-8H2,1-3H3. The minimum atomic E-state index is 0.487. The van der Waals surface area contributed by atoms with Crippen LogP contribution < -0.4 is 0 Å². The van der Waals surface area contributed by atoms with Gasteiger partial charge in [-0.05, 0) is 37.3 Å². The Bertz CT molecular complexity index is 594. The Morgan fingerprint density at radius 1 is 1.20 bits per heavy atom. The Kier molecular flexibility index (Phi) is 4.06. The van der Waals surface area contributed by atoms with Crippen LogP contribution >= 0.6 is 11.8 Å². The predicted octanol–water partition coefficient (Wildman–Crippen LogP) is 5.19. The summed E-state index contributed by atoms with van der Waals surface area (Å²) in [5, 5.41) is 2.16. The van der Waals surface area contributed by atoms with Crippen molar-refractivity contribution >= 4 is 17.4 Å². The molecule has 2 nitrogen and oxygen atoms in total. The van der Waals surface area contributed by atoms with Crippen molar-refractivity contribution < 1.29 is 0 Å². The average Bonchev–Trinajstić information content (AvgIpc) is 2.78. The van der Waals surface area contributed by atoms with E-state index in [1.807, 2.05) is 0 Å². The number of aryl methyl sites for hydroxylation is 1. The van der Waals surface area contributed by atoms with Crippen LogP contribution in [0.25, 0.3) is 5.65 Å². The molecular weight excluding hydrogens is 264 g/mol. The first-order valence-corrected chi connectivity index (χ1v) is 8.68. The van der Waals surface area contributed by atoms with E-state index in [2.05, 4.69) is 55.3 Å². The van der Waals surface area contributed by atoms with Gasteiger partial charge in [0.25, 0.3) is 0 Å². The molecule has 0 atom stereocenters. The first-order valence-electron chi connectivity index (χ1n) is 7.80. The minimum absolute atomic E-state index is 0.487. The molecule has 0 aromatic carbocycles. The molecule has 2 aromatic heterocycles. The van der Waals surface area contributed by atoms with E-state index >= 15 is 0 Å². The number of pyridine rings is 1. The van der Waals surface area contributed by atoms with Crippen LogP contribution in [0.1, 0.15) is 63.1 Å². The lowest BCUT2D eigenvalue weighted by Gasteiger charge is -2.21. The molecule has 1 aliphatic carbocycles. The van der Waals surface area contributed by atoms with Crippen molar-refractivity contribution in [2.75, 3.05) is 0 Å². The smallest absolute Gasteiger partial charge is 0.137 e. The summed E-state index contributed by atoms with van der Waals surface area (Å²) in [5.41, 5.74) is 3.67. The topological polar surface area (TPSA) is 17.3 Å². The molecule has 1 saturated carbocycles. The van der Waals surface area contributed by atoms with Gasteiger partial charge < -0.3 is 0 Å². The molecule has 0 spiro atoms. The second-order valence-corrected chi connectivity index (χ2v) is 7.56. The molecule has 0 bridgehead atoms. The summed E-state index contributed by atoms with van der Waals surface area (Å²) in [6.45, 7) is 6.66. The maximum absolute atomic E-state index is 4.86. The summed E-state index contributed by atoms with van der Waals surface area (Å²) < 4.78 is 2.31. The van der Waals surface area contributed by atoms with Crippen LogP contribution in [0.4, 0.5) is 0 Å². The first-order chi connectivity index (χ1) is 9.65. The summed E-state index contributed by atoms with van der Waals surface area (Å²) in [5.74, 6) is 0.487. The van der Waals surface area contributed by atoms with E-state index in [0.29, 0.717) is 5.92 Å². The second-order valence-electron chi connectivity index (χ2n) is 6.27. The summed E-state index contributed by atoms with van der Waals surface area (Å²) >= 11 is 2.06. The molecule has 20 heavy (non-hydrogen) atoms. The van der Waals surface area contributed by atoms with Crippen LogP contribution in [0, 0.1) is 6.92 Å². The molecule has 2 aromatic rings. The molecule has 1 fully saturated rings. The SMILES string of the molecule is Cc1ccc2nc(C(C)C)c(SC3CCCCC3)n2c1. The van der Waals surface area contributed by atoms with Gasteiger partial charge in [-0.1, -0.05) is 39.2 Å². The van der Waals surface area contributed by atoms with Crippen LogP contribution in [0.15, 0.2) is 23.4 Å². The Labute approximate surface area is 126 Å². The van der Waals surface area contributed by atoms with E-state index in [-0.39, 0.29) is 0 Å². The van der Waals surface area contributed by atoms with Crippen molar-refractivity contribution in [3.63, 3.8) is 0 Å². The number of hydrogen-bond acceptors (Lipinski definition) is 2. The summed E-state index contributed by atoms with van der Waals surface area (Å²) in [4.78, 5) is 4.86. The molecule has 3 rings (SSSR count). The van der Waals surface area contributed by atoms with E-state index in [1.165, 1.54) is 48.4 Å². The molecule has 108 valence electrons. The van der Waals surface area contributed by atoms with Crippen LogP contribution in [-0.4, -0.2) is 14.6 Å². The second kappa shape index (κ2) is 5.80. The van der Waals surface area contributed by atoms with Gasteiger partial charge in [-0.15, -0.1) is 11.8 Å². The third-order valence-corrected chi connectivity index (χ3v) is 5.56. The van der Waals surface area contributed by atoms with Crippen molar-refractivity contribution in [1.29, 1.82) is 0 Å². The Morgan fingerprint density at radius 3 is 2.65 bits per heavy atom. The number of hydrogen-bond donors (Lipinski definition) is 0. The van der Waals surface area contributed by atoms with Gasteiger partial charge in [0.1, 0.15) is 10.7 Å². The summed E-state index contributed by atoms with van der Waals surface area (Å²) in [7, 11) is 0. The normalized spacial score (nSPS) is 17.2. The maximum atomic E-state index is 4.86. The monoisotopic (exact) mass is 288 g/mol. The van der Waals surface area contributed by atoms with Crippen LogP contribution in [0.5, 0.6) is 0 Å². The van der Waals surface area contributed by atoms with Gasteiger partial charge in [-0.2, -0.15) is 0 Å². The highest BCUT2D eigenvalue weighted by Crippen LogP contribution is 2.37. The molecule has 3 heteroatoms. The van der Waals surface area contributed by atoms with E-state index in [0.717, 1.165) is 10.9 Å². The predicted molar refractivity (Wildman–Crippen MR) is 86.7 cm³/mol. The molecule has 0 amide bonds. The first kappa shape index (κ1) is 14.0. The van der Waals surface area contributed by atoms with Gasteiger partial charge in [-0.3, -0.25) is 4.40 Å². The molecular formula is C17H24N2S. The fraction of sp³-hybridized carbons (Fsp3) is 0.588. The van der Waals surface area contributed by atoms with Gasteiger partial charge in [0.2, 0.25) is 0 Å². The molecule has 1 aliphatic rings. The number of imidazole rings is 1. The van der Waals surface area contributed by atoms with Crippen LogP contribution in [0.2, 0.25) is 0 Å². The summed E-state index contributed by atoms with van der Waals surface area (Å²) in [6.07, 6.45) is 9.16.